The lowest BCUT2D eigenvalue weighted by Crippen LogP contribution is -2.20. The number of nitrogens with zero attached hydrogens (tertiary/aromatic N) is 3. The number of hydrazone groups is 1. The van der Waals surface area contributed by atoms with Crippen LogP contribution in [0, 0.1) is 0 Å². The summed E-state index contributed by atoms with van der Waals surface area (Å²) in [6, 6.07) is 14.1. The Labute approximate surface area is 160 Å². The monoisotopic (exact) mass is 382 g/mol. The zero-order chi connectivity index (χ0) is 19.2. The summed E-state index contributed by atoms with van der Waals surface area (Å²) < 4.78 is 2.07. The Hall–Kier alpha value is -3.13. The number of hydrogen-bond acceptors (Lipinski definition) is 5. The molecule has 0 spiro atoms. The van der Waals surface area contributed by atoms with Gasteiger partial charge in [0.1, 0.15) is 0 Å². The van der Waals surface area contributed by atoms with E-state index in [1.165, 1.54) is 30.1 Å². The Morgan fingerprint density at radius 1 is 1.22 bits per heavy atom. The minimum absolute atomic E-state index is 0.193. The van der Waals surface area contributed by atoms with Crippen LogP contribution in [0.3, 0.4) is 0 Å². The molecule has 0 fully saturated rings. The van der Waals surface area contributed by atoms with E-state index < -0.39 is 5.97 Å². The van der Waals surface area contributed by atoms with Crippen molar-refractivity contribution in [2.75, 3.05) is 5.75 Å². The number of imidazole rings is 1. The highest BCUT2D eigenvalue weighted by Crippen LogP contribution is 2.23. The number of aromatic carboxylic acids is 1. The number of carboxylic acid groups (broad SMARTS) is 1. The van der Waals surface area contributed by atoms with E-state index in [0.717, 1.165) is 22.7 Å². The maximum absolute atomic E-state index is 12.0. The molecule has 2 N–H and O–H groups in total. The number of rotatable bonds is 7. The molecule has 0 aliphatic rings. The summed E-state index contributed by atoms with van der Waals surface area (Å²) in [5, 5.41) is 13.6. The summed E-state index contributed by atoms with van der Waals surface area (Å²) >= 11 is 1.36. The molecule has 0 bridgehead atoms. The molecule has 0 saturated heterocycles. The van der Waals surface area contributed by atoms with Crippen LogP contribution >= 0.6 is 11.8 Å². The van der Waals surface area contributed by atoms with Gasteiger partial charge in [-0.25, -0.2) is 15.2 Å². The van der Waals surface area contributed by atoms with Crippen LogP contribution < -0.4 is 5.43 Å². The third kappa shape index (κ3) is 4.53. The summed E-state index contributed by atoms with van der Waals surface area (Å²) in [5.74, 6) is -1.03. The summed E-state index contributed by atoms with van der Waals surface area (Å²) in [6.45, 7) is 2.81. The number of para-hydroxylation sites is 2. The highest BCUT2D eigenvalue weighted by Gasteiger charge is 2.11. The van der Waals surface area contributed by atoms with Gasteiger partial charge in [-0.15, -0.1) is 0 Å². The maximum atomic E-state index is 12.0. The van der Waals surface area contributed by atoms with Gasteiger partial charge in [-0.2, -0.15) is 5.10 Å². The minimum atomic E-state index is -0.984. The SMILES string of the molecule is CCn1c(SCC(=O)N/N=C/c2ccc(C(=O)O)cc2)nc2ccccc21. The summed E-state index contributed by atoms with van der Waals surface area (Å²) in [7, 11) is 0. The number of nitrogens with one attached hydrogen (secondary N) is 1. The van der Waals surface area contributed by atoms with E-state index >= 15 is 0 Å². The van der Waals surface area contributed by atoms with E-state index in [1.807, 2.05) is 31.2 Å². The average molecular weight is 382 g/mol. The van der Waals surface area contributed by atoms with Gasteiger partial charge in [0, 0.05) is 6.54 Å². The van der Waals surface area contributed by atoms with Crippen LogP contribution in [-0.2, 0) is 11.3 Å². The summed E-state index contributed by atoms with van der Waals surface area (Å²) in [5.41, 5.74) is 5.32. The number of carbonyl (C=O) groups excluding carboxylic acids is 1. The number of carboxylic acids is 1. The van der Waals surface area contributed by atoms with Crippen molar-refractivity contribution in [3.05, 3.63) is 59.7 Å². The highest BCUT2D eigenvalue weighted by molar-refractivity contribution is 7.99. The van der Waals surface area contributed by atoms with Crippen LogP contribution in [0.15, 0.2) is 58.8 Å². The lowest BCUT2D eigenvalue weighted by Gasteiger charge is -2.04. The van der Waals surface area contributed by atoms with E-state index in [1.54, 1.807) is 12.1 Å². The summed E-state index contributed by atoms with van der Waals surface area (Å²) in [4.78, 5) is 27.4. The second kappa shape index (κ2) is 8.50. The van der Waals surface area contributed by atoms with Crippen molar-refractivity contribution in [2.24, 2.45) is 5.10 Å². The van der Waals surface area contributed by atoms with Crippen molar-refractivity contribution in [1.82, 2.24) is 15.0 Å². The first-order valence-electron chi connectivity index (χ1n) is 8.32. The van der Waals surface area contributed by atoms with Gasteiger partial charge in [-0.1, -0.05) is 36.0 Å². The predicted octanol–water partition coefficient (Wildman–Crippen LogP) is 3.00. The fourth-order valence-corrected chi connectivity index (χ4v) is 3.39. The first-order valence-corrected chi connectivity index (χ1v) is 9.30. The smallest absolute Gasteiger partial charge is 0.335 e. The number of aryl methyl sites for hydroxylation is 1. The lowest BCUT2D eigenvalue weighted by molar-refractivity contribution is -0.118. The normalized spacial score (nSPS) is 11.1. The Bertz CT molecular complexity index is 996. The molecule has 1 heterocycles. The summed E-state index contributed by atoms with van der Waals surface area (Å²) in [6.07, 6.45) is 1.47. The van der Waals surface area contributed by atoms with Crippen LogP contribution in [0.1, 0.15) is 22.8 Å². The van der Waals surface area contributed by atoms with Gasteiger partial charge in [0.15, 0.2) is 5.16 Å². The molecular formula is C19H18N4O3S. The number of thioether (sulfide) groups is 1. The largest absolute Gasteiger partial charge is 0.478 e. The molecule has 0 atom stereocenters. The molecule has 0 aliphatic heterocycles. The zero-order valence-electron chi connectivity index (χ0n) is 14.6. The Morgan fingerprint density at radius 3 is 2.67 bits per heavy atom. The fourth-order valence-electron chi connectivity index (χ4n) is 2.52. The number of benzene rings is 2. The molecular weight excluding hydrogens is 364 g/mol. The first kappa shape index (κ1) is 18.7. The molecule has 0 aliphatic carbocycles. The Balaban J connectivity index is 1.56. The van der Waals surface area contributed by atoms with Gasteiger partial charge < -0.3 is 9.67 Å². The quantitative estimate of drug-likeness (QED) is 0.372. The minimum Gasteiger partial charge on any atom is -0.478 e. The predicted molar refractivity (Wildman–Crippen MR) is 105 cm³/mol. The Kier molecular flexibility index (Phi) is 5.87. The van der Waals surface area contributed by atoms with Crippen molar-refractivity contribution in [3.8, 4) is 0 Å². The van der Waals surface area contributed by atoms with E-state index in [2.05, 4.69) is 20.1 Å². The second-order valence-corrected chi connectivity index (χ2v) is 6.58. The van der Waals surface area contributed by atoms with Gasteiger partial charge >= 0.3 is 5.97 Å². The maximum Gasteiger partial charge on any atom is 0.335 e. The molecule has 1 aromatic heterocycles. The third-order valence-electron chi connectivity index (χ3n) is 3.83. The Morgan fingerprint density at radius 2 is 1.96 bits per heavy atom. The van der Waals surface area contributed by atoms with E-state index in [0.29, 0.717) is 5.56 Å². The van der Waals surface area contributed by atoms with E-state index in [4.69, 9.17) is 5.11 Å². The third-order valence-corrected chi connectivity index (χ3v) is 4.81. The number of carbonyl (C=O) groups is 2. The van der Waals surface area contributed by atoms with Crippen molar-refractivity contribution in [2.45, 2.75) is 18.6 Å². The van der Waals surface area contributed by atoms with Crippen molar-refractivity contribution < 1.29 is 14.7 Å². The molecule has 8 heteroatoms. The van der Waals surface area contributed by atoms with Crippen LogP contribution in [0.2, 0.25) is 0 Å². The number of amides is 1. The first-order chi connectivity index (χ1) is 13.1. The number of hydrogen-bond donors (Lipinski definition) is 2. The van der Waals surface area contributed by atoms with Gasteiger partial charge in [0.05, 0.1) is 28.6 Å². The number of fused-ring (bicyclic) bond motifs is 1. The average Bonchev–Trinajstić information content (AvgIpc) is 3.04. The van der Waals surface area contributed by atoms with Crippen molar-refractivity contribution in [3.63, 3.8) is 0 Å². The molecule has 3 aromatic rings. The number of aromatic nitrogens is 2. The molecule has 0 radical (unpaired) electrons. The van der Waals surface area contributed by atoms with Gasteiger partial charge in [0.25, 0.3) is 5.91 Å². The molecule has 0 saturated carbocycles. The molecule has 3 rings (SSSR count). The highest BCUT2D eigenvalue weighted by atomic mass is 32.2. The van der Waals surface area contributed by atoms with Crippen molar-refractivity contribution in [1.29, 1.82) is 0 Å². The van der Waals surface area contributed by atoms with Crippen LogP contribution in [-0.4, -0.2) is 38.5 Å². The standard InChI is InChI=1S/C19H18N4O3S/c1-2-23-16-6-4-3-5-15(16)21-19(23)27-12-17(24)22-20-11-13-7-9-14(10-8-13)18(25)26/h3-11H,2,12H2,1H3,(H,22,24)(H,25,26)/b20-11+. The molecule has 2 aromatic carbocycles. The van der Waals surface area contributed by atoms with Crippen LogP contribution in [0.25, 0.3) is 11.0 Å². The van der Waals surface area contributed by atoms with E-state index in [-0.39, 0.29) is 17.2 Å². The topological polar surface area (TPSA) is 96.6 Å². The molecule has 138 valence electrons. The molecule has 7 nitrogen and oxygen atoms in total. The van der Waals surface area contributed by atoms with Gasteiger partial charge in [-0.3, -0.25) is 4.79 Å². The zero-order valence-corrected chi connectivity index (χ0v) is 15.4. The van der Waals surface area contributed by atoms with Gasteiger partial charge in [0.2, 0.25) is 0 Å². The van der Waals surface area contributed by atoms with Crippen LogP contribution in [0.4, 0.5) is 0 Å². The van der Waals surface area contributed by atoms with Gasteiger partial charge in [-0.05, 0) is 36.8 Å². The second-order valence-electron chi connectivity index (χ2n) is 5.64. The molecule has 1 amide bonds. The fraction of sp³-hybridized carbons (Fsp3) is 0.158. The lowest BCUT2D eigenvalue weighted by atomic mass is 10.1. The van der Waals surface area contributed by atoms with Crippen LogP contribution in [0.5, 0.6) is 0 Å². The van der Waals surface area contributed by atoms with E-state index in [9.17, 15) is 9.59 Å². The molecule has 0 unspecified atom stereocenters. The molecule has 27 heavy (non-hydrogen) atoms. The van der Waals surface area contributed by atoms with Crippen molar-refractivity contribution >= 4 is 40.9 Å².